The van der Waals surface area contributed by atoms with Crippen LogP contribution in [-0.4, -0.2) is 84.9 Å². The van der Waals surface area contributed by atoms with E-state index in [9.17, 15) is 9.59 Å². The fraction of sp³-hybridized carbons (Fsp3) is 0.913. The molecular formula is C23H38N2O5. The van der Waals surface area contributed by atoms with E-state index < -0.39 is 10.8 Å². The van der Waals surface area contributed by atoms with Crippen molar-refractivity contribution in [2.24, 2.45) is 10.8 Å². The number of morpholine rings is 2. The van der Waals surface area contributed by atoms with Crippen molar-refractivity contribution in [1.29, 1.82) is 0 Å². The average Bonchev–Trinajstić information content (AvgIpc) is 2.63. The quantitative estimate of drug-likeness (QED) is 0.698. The molecule has 1 aliphatic carbocycles. The van der Waals surface area contributed by atoms with Gasteiger partial charge in [-0.05, 0) is 25.7 Å². The first kappa shape index (κ1) is 22.0. The van der Waals surface area contributed by atoms with Gasteiger partial charge in [-0.1, -0.05) is 34.6 Å². The Kier molecular flexibility index (Phi) is 5.47. The van der Waals surface area contributed by atoms with Crippen LogP contribution in [0.1, 0.15) is 60.3 Å². The highest BCUT2D eigenvalue weighted by molar-refractivity contribution is 5.83. The number of hydrogen-bond acceptors (Lipinski definition) is 5. The fourth-order valence-corrected chi connectivity index (χ4v) is 5.43. The molecule has 0 N–H and O–H groups in total. The van der Waals surface area contributed by atoms with Crippen LogP contribution in [0.5, 0.6) is 0 Å². The van der Waals surface area contributed by atoms with E-state index in [-0.39, 0.29) is 29.1 Å². The van der Waals surface area contributed by atoms with E-state index in [2.05, 4.69) is 4.90 Å². The molecule has 170 valence electrons. The van der Waals surface area contributed by atoms with Crippen molar-refractivity contribution in [2.45, 2.75) is 77.5 Å². The molecule has 1 unspecified atom stereocenters. The predicted octanol–water partition coefficient (Wildman–Crippen LogP) is 2.23. The van der Waals surface area contributed by atoms with Crippen LogP contribution in [0.25, 0.3) is 0 Å². The first-order valence-electron chi connectivity index (χ1n) is 11.4. The number of hydrogen-bond donors (Lipinski definition) is 0. The summed E-state index contributed by atoms with van der Waals surface area (Å²) >= 11 is 0. The zero-order chi connectivity index (χ0) is 21.8. The SMILES string of the molecule is CC(C)(C)C(=O)N1CCOC(CC(C)(C)C(=O)N2CCOC3(COC3)C2)C12CCC2. The van der Waals surface area contributed by atoms with Crippen LogP contribution in [0.15, 0.2) is 0 Å². The van der Waals surface area contributed by atoms with Gasteiger partial charge in [0.1, 0.15) is 5.60 Å². The highest BCUT2D eigenvalue weighted by Crippen LogP contribution is 2.48. The molecule has 0 bridgehead atoms. The maximum absolute atomic E-state index is 13.5. The lowest BCUT2D eigenvalue weighted by molar-refractivity contribution is -0.238. The van der Waals surface area contributed by atoms with Gasteiger partial charge in [0.25, 0.3) is 0 Å². The molecule has 30 heavy (non-hydrogen) atoms. The Hall–Kier alpha value is -1.18. The highest BCUT2D eigenvalue weighted by atomic mass is 16.6. The second kappa shape index (κ2) is 7.45. The van der Waals surface area contributed by atoms with Crippen molar-refractivity contribution in [3.8, 4) is 0 Å². The van der Waals surface area contributed by atoms with Crippen LogP contribution < -0.4 is 0 Å². The number of rotatable bonds is 3. The van der Waals surface area contributed by atoms with E-state index in [1.54, 1.807) is 0 Å². The maximum atomic E-state index is 13.5. The third-order valence-corrected chi connectivity index (χ3v) is 7.42. The topological polar surface area (TPSA) is 68.3 Å². The minimum atomic E-state index is -0.565. The Morgan fingerprint density at radius 1 is 1.00 bits per heavy atom. The standard InChI is InChI=1S/C23H38N2O5/c1-20(2,3)18(26)25-10-11-29-17(23(25)7-6-8-23)13-21(4,5)19(27)24-9-12-30-22(14-24)15-28-16-22/h17H,6-16H2,1-5H3. The number of ether oxygens (including phenoxy) is 3. The van der Waals surface area contributed by atoms with E-state index in [0.29, 0.717) is 52.5 Å². The van der Waals surface area contributed by atoms with Crippen LogP contribution in [0.2, 0.25) is 0 Å². The molecule has 0 aromatic carbocycles. The predicted molar refractivity (Wildman–Crippen MR) is 112 cm³/mol. The van der Waals surface area contributed by atoms with Crippen LogP contribution in [-0.2, 0) is 23.8 Å². The van der Waals surface area contributed by atoms with Crippen molar-refractivity contribution in [1.82, 2.24) is 9.80 Å². The lowest BCUT2D eigenvalue weighted by Crippen LogP contribution is -2.69. The molecule has 4 aliphatic rings. The Bertz CT molecular complexity index is 690. The largest absolute Gasteiger partial charge is 0.375 e. The van der Waals surface area contributed by atoms with Gasteiger partial charge < -0.3 is 24.0 Å². The van der Waals surface area contributed by atoms with E-state index in [1.807, 2.05) is 39.5 Å². The molecule has 2 spiro atoms. The van der Waals surface area contributed by atoms with Crippen LogP contribution in [0.4, 0.5) is 0 Å². The first-order valence-corrected chi connectivity index (χ1v) is 11.4. The third kappa shape index (κ3) is 3.67. The molecule has 7 nitrogen and oxygen atoms in total. The number of carbonyl (C=O) groups is 2. The lowest BCUT2D eigenvalue weighted by Gasteiger charge is -2.59. The summed E-state index contributed by atoms with van der Waals surface area (Å²) in [5, 5.41) is 0. The maximum Gasteiger partial charge on any atom is 0.228 e. The second-order valence-corrected chi connectivity index (χ2v) is 11.4. The molecule has 7 heteroatoms. The van der Waals surface area contributed by atoms with Crippen molar-refractivity contribution in [2.75, 3.05) is 46.1 Å². The summed E-state index contributed by atoms with van der Waals surface area (Å²) in [6.07, 6.45) is 3.55. The summed E-state index contributed by atoms with van der Waals surface area (Å²) in [6, 6.07) is 0. The van der Waals surface area contributed by atoms with Gasteiger partial charge in [-0.2, -0.15) is 0 Å². The van der Waals surface area contributed by atoms with Gasteiger partial charge in [0, 0.05) is 23.9 Å². The minimum absolute atomic E-state index is 0.104. The molecule has 1 atom stereocenters. The van der Waals surface area contributed by atoms with Gasteiger partial charge in [0.2, 0.25) is 11.8 Å². The Morgan fingerprint density at radius 3 is 2.23 bits per heavy atom. The van der Waals surface area contributed by atoms with E-state index in [1.165, 1.54) is 0 Å². The second-order valence-electron chi connectivity index (χ2n) is 11.4. The van der Waals surface area contributed by atoms with E-state index in [4.69, 9.17) is 14.2 Å². The zero-order valence-corrected chi connectivity index (χ0v) is 19.3. The third-order valence-electron chi connectivity index (χ3n) is 7.42. The van der Waals surface area contributed by atoms with Crippen molar-refractivity contribution >= 4 is 11.8 Å². The molecule has 4 fully saturated rings. The minimum Gasteiger partial charge on any atom is -0.375 e. The molecule has 0 aromatic rings. The van der Waals surface area contributed by atoms with Crippen LogP contribution in [0.3, 0.4) is 0 Å². The van der Waals surface area contributed by atoms with Crippen molar-refractivity contribution in [3.63, 3.8) is 0 Å². The molecule has 0 aromatic heterocycles. The van der Waals surface area contributed by atoms with Gasteiger partial charge in [0.15, 0.2) is 0 Å². The van der Waals surface area contributed by atoms with Gasteiger partial charge in [-0.25, -0.2) is 0 Å². The van der Waals surface area contributed by atoms with E-state index >= 15 is 0 Å². The zero-order valence-electron chi connectivity index (χ0n) is 19.3. The van der Waals surface area contributed by atoms with E-state index in [0.717, 1.165) is 19.3 Å². The molecular weight excluding hydrogens is 384 g/mol. The summed E-state index contributed by atoms with van der Waals surface area (Å²) in [5.74, 6) is 0.342. The van der Waals surface area contributed by atoms with Crippen molar-refractivity contribution < 1.29 is 23.8 Å². The molecule has 1 saturated carbocycles. The summed E-state index contributed by atoms with van der Waals surface area (Å²) < 4.78 is 17.5. The van der Waals surface area contributed by atoms with Gasteiger partial charge in [-0.15, -0.1) is 0 Å². The molecule has 0 radical (unpaired) electrons. The molecule has 3 aliphatic heterocycles. The summed E-state index contributed by atoms with van der Waals surface area (Å²) in [6.45, 7) is 14.1. The average molecular weight is 423 g/mol. The molecule has 3 saturated heterocycles. The van der Waals surface area contributed by atoms with Crippen molar-refractivity contribution in [3.05, 3.63) is 0 Å². The van der Waals surface area contributed by atoms with Gasteiger partial charge >= 0.3 is 0 Å². The van der Waals surface area contributed by atoms with Crippen LogP contribution >= 0.6 is 0 Å². The van der Waals surface area contributed by atoms with Crippen LogP contribution in [0, 0.1) is 10.8 Å². The monoisotopic (exact) mass is 422 g/mol. The lowest BCUT2D eigenvalue weighted by atomic mass is 9.66. The normalized spacial score (nSPS) is 28.2. The Labute approximate surface area is 180 Å². The summed E-state index contributed by atoms with van der Waals surface area (Å²) in [4.78, 5) is 30.7. The molecule has 4 rings (SSSR count). The number of carbonyl (C=O) groups excluding carboxylic acids is 2. The fourth-order valence-electron chi connectivity index (χ4n) is 5.43. The molecule has 2 amide bonds. The van der Waals surface area contributed by atoms with Gasteiger partial charge in [0.05, 0.1) is 44.6 Å². The summed E-state index contributed by atoms with van der Waals surface area (Å²) in [5.41, 5.74) is -1.54. The Morgan fingerprint density at radius 2 is 1.70 bits per heavy atom. The first-order chi connectivity index (χ1) is 14.0. The highest BCUT2D eigenvalue weighted by Gasteiger charge is 2.56. The van der Waals surface area contributed by atoms with Gasteiger partial charge in [-0.3, -0.25) is 9.59 Å². The smallest absolute Gasteiger partial charge is 0.228 e. The molecule has 3 heterocycles. The number of nitrogens with zero attached hydrogens (tertiary/aromatic N) is 2. The Balaban J connectivity index is 1.49. The summed E-state index contributed by atoms with van der Waals surface area (Å²) in [7, 11) is 0. The number of amides is 2.